The van der Waals surface area contributed by atoms with Crippen LogP contribution in [0.5, 0.6) is 5.75 Å². The van der Waals surface area contributed by atoms with E-state index in [0.717, 1.165) is 17.3 Å². The first-order valence-electron chi connectivity index (χ1n) is 12.2. The molecule has 2 aromatic rings. The zero-order chi connectivity index (χ0) is 28.4. The number of phenolic OH excluding ortho intramolecular Hbond substituents is 1. The number of phenols is 1. The fourth-order valence-corrected chi connectivity index (χ4v) is 7.63. The smallest absolute Gasteiger partial charge is 0.286 e. The molecule has 0 saturated carbocycles. The molecule has 0 bridgehead atoms. The number of carbonyl (C=O) groups excluding carboxylic acids is 2. The molecule has 4 rings (SSSR count). The molecular formula is C24H30N4O8S3. The van der Waals surface area contributed by atoms with Crippen molar-refractivity contribution in [3.8, 4) is 5.75 Å². The standard InChI is InChI=1S/C24H30N4O8S3/c1-25-38(33,34)22-13-16(4-7-19(22)29)20(30)14-26-17-8-10-28(11-9-17)39(35,36)18-5-2-15(3-6-18)12-21-23(31)27-24(32)37-21/h2-7,13,17,20-21,25-26,29-30H,8-12,14H2,1H3,(H,27,31,32). The molecule has 2 aromatic carbocycles. The molecular weight excluding hydrogens is 568 g/mol. The number of hydrogen-bond acceptors (Lipinski definition) is 10. The maximum atomic E-state index is 13.1. The zero-order valence-corrected chi connectivity index (χ0v) is 23.5. The van der Waals surface area contributed by atoms with E-state index in [9.17, 15) is 36.6 Å². The number of aromatic hydroxyl groups is 1. The van der Waals surface area contributed by atoms with E-state index in [1.54, 1.807) is 12.1 Å². The van der Waals surface area contributed by atoms with Crippen LogP contribution in [0, 0.1) is 0 Å². The largest absolute Gasteiger partial charge is 0.507 e. The molecule has 39 heavy (non-hydrogen) atoms. The summed E-state index contributed by atoms with van der Waals surface area (Å²) in [7, 11) is -6.39. The summed E-state index contributed by atoms with van der Waals surface area (Å²) in [4.78, 5) is 22.9. The van der Waals surface area contributed by atoms with Crippen molar-refractivity contribution in [2.24, 2.45) is 0 Å². The number of thioether (sulfide) groups is 1. The number of carbonyl (C=O) groups is 2. The van der Waals surface area contributed by atoms with Crippen LogP contribution in [-0.2, 0) is 31.3 Å². The molecule has 212 valence electrons. The third-order valence-electron chi connectivity index (χ3n) is 6.73. The van der Waals surface area contributed by atoms with Crippen molar-refractivity contribution in [2.45, 2.75) is 46.4 Å². The van der Waals surface area contributed by atoms with Gasteiger partial charge in [-0.05, 0) is 61.7 Å². The Morgan fingerprint density at radius 2 is 1.74 bits per heavy atom. The molecule has 0 radical (unpaired) electrons. The normalized spacial score (nSPS) is 20.2. The highest BCUT2D eigenvalue weighted by Crippen LogP contribution is 2.27. The Bertz CT molecular complexity index is 1440. The Morgan fingerprint density at radius 1 is 1.08 bits per heavy atom. The molecule has 5 N–H and O–H groups in total. The molecule has 2 saturated heterocycles. The van der Waals surface area contributed by atoms with E-state index in [2.05, 4.69) is 15.4 Å². The van der Waals surface area contributed by atoms with Gasteiger partial charge in [0.25, 0.3) is 5.24 Å². The Balaban J connectivity index is 1.30. The average Bonchev–Trinajstić information content (AvgIpc) is 3.23. The van der Waals surface area contributed by atoms with Gasteiger partial charge in [-0.25, -0.2) is 21.6 Å². The third-order valence-corrected chi connectivity index (χ3v) is 11.1. The lowest BCUT2D eigenvalue weighted by Gasteiger charge is -2.32. The maximum Gasteiger partial charge on any atom is 0.286 e. The minimum atomic E-state index is -3.90. The summed E-state index contributed by atoms with van der Waals surface area (Å²) in [6.07, 6.45) is 0.313. The van der Waals surface area contributed by atoms with Crippen LogP contribution in [0.2, 0.25) is 0 Å². The fraction of sp³-hybridized carbons (Fsp3) is 0.417. The molecule has 0 spiro atoms. The van der Waals surface area contributed by atoms with Gasteiger partial charge < -0.3 is 15.5 Å². The molecule has 15 heteroatoms. The van der Waals surface area contributed by atoms with Crippen LogP contribution in [0.3, 0.4) is 0 Å². The highest BCUT2D eigenvalue weighted by Gasteiger charge is 2.32. The van der Waals surface area contributed by atoms with E-state index in [0.29, 0.717) is 24.8 Å². The van der Waals surface area contributed by atoms with E-state index < -0.39 is 37.1 Å². The number of sulfonamides is 2. The first-order chi connectivity index (χ1) is 18.4. The van der Waals surface area contributed by atoms with Crippen LogP contribution in [0.25, 0.3) is 0 Å². The lowest BCUT2D eigenvalue weighted by molar-refractivity contribution is -0.118. The number of amides is 2. The second-order valence-electron chi connectivity index (χ2n) is 9.27. The van der Waals surface area contributed by atoms with Crippen LogP contribution < -0.4 is 15.4 Å². The maximum absolute atomic E-state index is 13.1. The summed E-state index contributed by atoms with van der Waals surface area (Å²) < 4.78 is 54.0. The number of piperidine rings is 1. The minimum Gasteiger partial charge on any atom is -0.507 e. The zero-order valence-electron chi connectivity index (χ0n) is 21.0. The number of hydrogen-bond donors (Lipinski definition) is 5. The number of nitrogens with one attached hydrogen (secondary N) is 3. The highest BCUT2D eigenvalue weighted by atomic mass is 32.2. The Morgan fingerprint density at radius 3 is 2.33 bits per heavy atom. The highest BCUT2D eigenvalue weighted by molar-refractivity contribution is 8.15. The molecule has 2 heterocycles. The predicted molar refractivity (Wildman–Crippen MR) is 144 cm³/mol. The van der Waals surface area contributed by atoms with Crippen molar-refractivity contribution in [3.63, 3.8) is 0 Å². The summed E-state index contributed by atoms with van der Waals surface area (Å²) in [6, 6.07) is 10.1. The van der Waals surface area contributed by atoms with Gasteiger partial charge in [-0.15, -0.1) is 0 Å². The Hall–Kier alpha value is -2.53. The van der Waals surface area contributed by atoms with E-state index in [-0.39, 0.29) is 46.6 Å². The van der Waals surface area contributed by atoms with Gasteiger partial charge >= 0.3 is 0 Å². The summed E-state index contributed by atoms with van der Waals surface area (Å²) in [5.74, 6) is -0.770. The number of benzene rings is 2. The number of aliphatic hydroxyl groups is 1. The van der Waals surface area contributed by atoms with Gasteiger partial charge in [0.15, 0.2) is 0 Å². The molecule has 2 fully saturated rings. The fourth-order valence-electron chi connectivity index (χ4n) is 4.45. The number of rotatable bonds is 10. The molecule has 2 atom stereocenters. The van der Waals surface area contributed by atoms with Crippen molar-refractivity contribution in [3.05, 3.63) is 53.6 Å². The van der Waals surface area contributed by atoms with Gasteiger partial charge in [-0.3, -0.25) is 14.9 Å². The number of aliphatic hydroxyl groups excluding tert-OH is 1. The van der Waals surface area contributed by atoms with Crippen molar-refractivity contribution < 1.29 is 36.6 Å². The van der Waals surface area contributed by atoms with E-state index in [1.807, 2.05) is 0 Å². The van der Waals surface area contributed by atoms with Crippen LogP contribution in [0.15, 0.2) is 52.3 Å². The monoisotopic (exact) mass is 598 g/mol. The van der Waals surface area contributed by atoms with Gasteiger partial charge in [0.05, 0.1) is 16.2 Å². The first-order valence-corrected chi connectivity index (χ1v) is 16.0. The number of nitrogens with zero attached hydrogens (tertiary/aromatic N) is 1. The molecule has 2 amide bonds. The van der Waals surface area contributed by atoms with E-state index in [1.165, 1.54) is 41.7 Å². The van der Waals surface area contributed by atoms with Crippen LogP contribution >= 0.6 is 11.8 Å². The van der Waals surface area contributed by atoms with Crippen molar-refractivity contribution in [2.75, 3.05) is 26.7 Å². The van der Waals surface area contributed by atoms with Crippen LogP contribution in [-0.4, -0.2) is 80.5 Å². The topological polar surface area (TPSA) is 182 Å². The molecule has 2 unspecified atom stereocenters. The second kappa shape index (κ2) is 11.9. The summed E-state index contributed by atoms with van der Waals surface area (Å²) in [5.41, 5.74) is 1.07. The molecule has 2 aliphatic rings. The molecule has 0 aromatic heterocycles. The van der Waals surface area contributed by atoms with Gasteiger partial charge in [0.1, 0.15) is 10.6 Å². The lowest BCUT2D eigenvalue weighted by atomic mass is 10.1. The van der Waals surface area contributed by atoms with Gasteiger partial charge in [0.2, 0.25) is 26.0 Å². The van der Waals surface area contributed by atoms with E-state index >= 15 is 0 Å². The summed E-state index contributed by atoms with van der Waals surface area (Å²) in [5, 5.41) is 25.0. The average molecular weight is 599 g/mol. The van der Waals surface area contributed by atoms with Gasteiger partial charge in [-0.1, -0.05) is 30.0 Å². The Labute approximate surface area is 231 Å². The van der Waals surface area contributed by atoms with E-state index in [4.69, 9.17) is 0 Å². The van der Waals surface area contributed by atoms with Crippen molar-refractivity contribution in [1.29, 1.82) is 0 Å². The summed E-state index contributed by atoms with van der Waals surface area (Å²) >= 11 is 0.924. The third kappa shape index (κ3) is 6.80. The Kier molecular flexibility index (Phi) is 9.00. The SMILES string of the molecule is CNS(=O)(=O)c1cc(C(O)CNC2CCN(S(=O)(=O)c3ccc(CC4SC(=O)NC4=O)cc3)CC2)ccc1O. The second-order valence-corrected chi connectivity index (χ2v) is 14.2. The predicted octanol–water partition coefficient (Wildman–Crippen LogP) is 0.671. The van der Waals surface area contributed by atoms with Crippen LogP contribution in [0.4, 0.5) is 4.79 Å². The quantitative estimate of drug-likeness (QED) is 0.261. The van der Waals surface area contributed by atoms with Crippen molar-refractivity contribution in [1.82, 2.24) is 19.7 Å². The lowest BCUT2D eigenvalue weighted by Crippen LogP contribution is -2.45. The molecule has 0 aliphatic carbocycles. The molecule has 2 aliphatic heterocycles. The van der Waals surface area contributed by atoms with Gasteiger partial charge in [-0.2, -0.15) is 4.31 Å². The van der Waals surface area contributed by atoms with Crippen molar-refractivity contribution >= 4 is 43.0 Å². The minimum absolute atomic E-state index is 0.0520. The number of imide groups is 1. The van der Waals surface area contributed by atoms with Gasteiger partial charge in [0, 0.05) is 25.7 Å². The van der Waals surface area contributed by atoms with Crippen LogP contribution in [0.1, 0.15) is 30.1 Å². The summed E-state index contributed by atoms with van der Waals surface area (Å²) in [6.45, 7) is 0.677. The first kappa shape index (κ1) is 29.5. The molecule has 12 nitrogen and oxygen atoms in total.